The maximum absolute atomic E-state index is 12.2. The summed E-state index contributed by atoms with van der Waals surface area (Å²) in [6.07, 6.45) is 5.76. The van der Waals surface area contributed by atoms with Gasteiger partial charge in [-0.15, -0.1) is 0 Å². The lowest BCUT2D eigenvalue weighted by molar-refractivity contribution is 0.0162. The molecule has 0 aromatic heterocycles. The number of carbonyl (C=O) groups excluding carboxylic acids is 1. The zero-order valence-electron chi connectivity index (χ0n) is 15.7. The number of piperidine rings is 1. The van der Waals surface area contributed by atoms with Gasteiger partial charge in [-0.25, -0.2) is 4.79 Å². The second-order valence-electron chi connectivity index (χ2n) is 7.57. The number of aryl methyl sites for hydroxylation is 1. The summed E-state index contributed by atoms with van der Waals surface area (Å²) in [6, 6.07) is 8.01. The fourth-order valence-corrected chi connectivity index (χ4v) is 3.53. The highest BCUT2D eigenvalue weighted by Gasteiger charge is 2.27. The van der Waals surface area contributed by atoms with Crippen molar-refractivity contribution in [1.82, 2.24) is 4.90 Å². The van der Waals surface area contributed by atoms with Crippen molar-refractivity contribution in [2.24, 2.45) is 5.92 Å². The van der Waals surface area contributed by atoms with Crippen molar-refractivity contribution in [3.05, 3.63) is 29.8 Å². The summed E-state index contributed by atoms with van der Waals surface area (Å²) in [7, 11) is -0.922. The highest BCUT2D eigenvalue weighted by atomic mass is 32.2. The zero-order valence-corrected chi connectivity index (χ0v) is 16.5. The van der Waals surface area contributed by atoms with E-state index >= 15 is 0 Å². The Kier molecular flexibility index (Phi) is 8.09. The van der Waals surface area contributed by atoms with E-state index in [1.165, 1.54) is 5.56 Å². The maximum Gasteiger partial charge on any atom is 0.410 e. The smallest absolute Gasteiger partial charge is 0.410 e. The van der Waals surface area contributed by atoms with Gasteiger partial charge in [0.1, 0.15) is 5.60 Å². The van der Waals surface area contributed by atoms with Crippen LogP contribution >= 0.6 is 0 Å². The lowest BCUT2D eigenvalue weighted by Gasteiger charge is -2.34. The third kappa shape index (κ3) is 7.16. The molecular formula is C19H31NO4S. The number of benzene rings is 1. The molecule has 25 heavy (non-hydrogen) atoms. The average Bonchev–Trinajstić information content (AvgIpc) is 2.52. The molecule has 2 rings (SSSR count). The maximum atomic E-state index is 12.2. The molecule has 0 spiro atoms. The molecule has 5 nitrogen and oxygen atoms in total. The fourth-order valence-electron chi connectivity index (χ4n) is 3.01. The van der Waals surface area contributed by atoms with Gasteiger partial charge in [0.25, 0.3) is 0 Å². The molecule has 1 fully saturated rings. The number of hydrogen-bond acceptors (Lipinski definition) is 3. The second kappa shape index (κ2) is 9.34. The van der Waals surface area contributed by atoms with E-state index in [-0.39, 0.29) is 11.6 Å². The first kappa shape index (κ1) is 21.6. The van der Waals surface area contributed by atoms with Crippen LogP contribution in [0.3, 0.4) is 0 Å². The molecule has 1 saturated heterocycles. The van der Waals surface area contributed by atoms with Crippen LogP contribution in [0.5, 0.6) is 0 Å². The highest BCUT2D eigenvalue weighted by molar-refractivity contribution is 7.84. The Bertz CT molecular complexity index is 580. The lowest BCUT2D eigenvalue weighted by atomic mass is 9.92. The van der Waals surface area contributed by atoms with Gasteiger partial charge in [-0.05, 0) is 70.1 Å². The molecule has 0 bridgehead atoms. The predicted molar refractivity (Wildman–Crippen MR) is 101 cm³/mol. The van der Waals surface area contributed by atoms with Gasteiger partial charge in [0.05, 0.1) is 0 Å². The molecule has 2 N–H and O–H groups in total. The van der Waals surface area contributed by atoms with Crippen molar-refractivity contribution in [3.8, 4) is 0 Å². The van der Waals surface area contributed by atoms with Gasteiger partial charge in [-0.1, -0.05) is 12.1 Å². The minimum atomic E-state index is -0.922. The summed E-state index contributed by atoms with van der Waals surface area (Å²) in [5.74, 6) is 0.520. The Morgan fingerprint density at radius 2 is 1.92 bits per heavy atom. The van der Waals surface area contributed by atoms with E-state index in [0.29, 0.717) is 5.92 Å². The van der Waals surface area contributed by atoms with Gasteiger partial charge < -0.3 is 15.1 Å². The van der Waals surface area contributed by atoms with Gasteiger partial charge in [-0.3, -0.25) is 4.21 Å². The number of ether oxygens (including phenoxy) is 1. The molecule has 2 atom stereocenters. The second-order valence-corrected chi connectivity index (χ2v) is 8.95. The molecule has 1 heterocycles. The predicted octanol–water partition coefficient (Wildman–Crippen LogP) is 3.18. The van der Waals surface area contributed by atoms with Crippen molar-refractivity contribution in [3.63, 3.8) is 0 Å². The fraction of sp³-hybridized carbons (Fsp3) is 0.632. The Morgan fingerprint density at radius 1 is 1.28 bits per heavy atom. The largest absolute Gasteiger partial charge is 0.444 e. The molecule has 0 aliphatic carbocycles. The molecule has 1 aromatic carbocycles. The first-order chi connectivity index (χ1) is 11.2. The van der Waals surface area contributed by atoms with Crippen LogP contribution in [0, 0.1) is 5.92 Å². The van der Waals surface area contributed by atoms with E-state index in [1.807, 2.05) is 37.8 Å². The van der Waals surface area contributed by atoms with Gasteiger partial charge >= 0.3 is 6.09 Å². The highest BCUT2D eigenvalue weighted by Crippen LogP contribution is 2.23. The van der Waals surface area contributed by atoms with Crippen LogP contribution in [0.2, 0.25) is 0 Å². The van der Waals surface area contributed by atoms with Gasteiger partial charge in [0.15, 0.2) is 0 Å². The molecule has 0 radical (unpaired) electrons. The Hall–Kier alpha value is -1.40. The van der Waals surface area contributed by atoms with E-state index in [9.17, 15) is 9.00 Å². The minimum Gasteiger partial charge on any atom is -0.444 e. The molecule has 1 aliphatic heterocycles. The molecule has 0 saturated carbocycles. The zero-order chi connectivity index (χ0) is 17.7. The minimum absolute atomic E-state index is 0. The first-order valence-corrected chi connectivity index (χ1v) is 10.2. The summed E-state index contributed by atoms with van der Waals surface area (Å²) in [4.78, 5) is 14.9. The lowest BCUT2D eigenvalue weighted by Crippen LogP contribution is -2.42. The standard InChI is InChI=1S/C19H29NO3S.H2O/c1-19(2,3)23-18(21)20-13-5-6-16(14-20)8-7-15-9-11-17(12-10-15)24(4)22;/h9-12,16H,5-8,13-14H2,1-4H3;1H2. The van der Waals surface area contributed by atoms with E-state index < -0.39 is 16.4 Å². The average molecular weight is 370 g/mol. The molecule has 1 aliphatic rings. The van der Waals surface area contributed by atoms with Crippen LogP contribution in [0.25, 0.3) is 0 Å². The van der Waals surface area contributed by atoms with Gasteiger partial charge in [0.2, 0.25) is 0 Å². The van der Waals surface area contributed by atoms with Gasteiger partial charge in [-0.2, -0.15) is 0 Å². The SMILES string of the molecule is CS(=O)c1ccc(CCC2CCCN(C(=O)OC(C)(C)C)C2)cc1.O. The summed E-state index contributed by atoms with van der Waals surface area (Å²) >= 11 is 0. The van der Waals surface area contributed by atoms with Crippen LogP contribution in [0.15, 0.2) is 29.2 Å². The first-order valence-electron chi connectivity index (χ1n) is 8.65. The van der Waals surface area contributed by atoms with Crippen molar-refractivity contribution >= 4 is 16.9 Å². The summed E-state index contributed by atoms with van der Waals surface area (Å²) < 4.78 is 16.9. The van der Waals surface area contributed by atoms with Gasteiger partial charge in [0, 0.05) is 35.0 Å². The van der Waals surface area contributed by atoms with Crippen LogP contribution < -0.4 is 0 Å². The van der Waals surface area contributed by atoms with Crippen LogP contribution in [0.4, 0.5) is 4.79 Å². The topological polar surface area (TPSA) is 78.1 Å². The quantitative estimate of drug-likeness (QED) is 0.818. The number of rotatable bonds is 4. The van der Waals surface area contributed by atoms with Crippen LogP contribution in [0.1, 0.15) is 45.6 Å². The molecular weight excluding hydrogens is 338 g/mol. The van der Waals surface area contributed by atoms with E-state index in [1.54, 1.807) is 6.26 Å². The molecule has 2 unspecified atom stereocenters. The van der Waals surface area contributed by atoms with Crippen LogP contribution in [-0.2, 0) is 22.0 Å². The van der Waals surface area contributed by atoms with Crippen molar-refractivity contribution in [2.45, 2.75) is 57.0 Å². The molecule has 142 valence electrons. The number of carbonyl (C=O) groups is 1. The van der Waals surface area contributed by atoms with Crippen LogP contribution in [-0.4, -0.2) is 45.6 Å². The molecule has 1 amide bonds. The number of nitrogens with zero attached hydrogens (tertiary/aromatic N) is 1. The molecule has 6 heteroatoms. The third-order valence-corrected chi connectivity index (χ3v) is 5.20. The summed E-state index contributed by atoms with van der Waals surface area (Å²) in [5.41, 5.74) is 0.823. The Morgan fingerprint density at radius 3 is 2.48 bits per heavy atom. The Labute approximate surface area is 153 Å². The number of hydrogen-bond donors (Lipinski definition) is 0. The Balaban J connectivity index is 0.00000312. The number of amides is 1. The summed E-state index contributed by atoms with van der Waals surface area (Å²) in [5, 5.41) is 0. The third-order valence-electron chi connectivity index (χ3n) is 4.27. The molecule has 1 aromatic rings. The van der Waals surface area contributed by atoms with E-state index in [2.05, 4.69) is 12.1 Å². The van der Waals surface area contributed by atoms with E-state index in [4.69, 9.17) is 4.74 Å². The van der Waals surface area contributed by atoms with E-state index in [0.717, 1.165) is 43.7 Å². The summed E-state index contributed by atoms with van der Waals surface area (Å²) in [6.45, 7) is 7.28. The normalized spacial score (nSPS) is 19.0. The van der Waals surface area contributed by atoms with Crippen molar-refractivity contribution in [1.29, 1.82) is 0 Å². The van der Waals surface area contributed by atoms with Crippen molar-refractivity contribution < 1.29 is 19.2 Å². The monoisotopic (exact) mass is 369 g/mol. The number of likely N-dealkylation sites (tertiary alicyclic amines) is 1. The van der Waals surface area contributed by atoms with Crippen molar-refractivity contribution in [2.75, 3.05) is 19.3 Å².